The van der Waals surface area contributed by atoms with E-state index in [0.29, 0.717) is 6.08 Å². The highest BCUT2D eigenvalue weighted by molar-refractivity contribution is 9.10. The minimum absolute atomic E-state index is 0.0550. The molecule has 0 aromatic heterocycles. The molecule has 0 aliphatic rings. The Balaban J connectivity index is 3.20. The van der Waals surface area contributed by atoms with Gasteiger partial charge in [0.05, 0.1) is 4.47 Å². The largest absolute Gasteiger partial charge is 0.478 e. The van der Waals surface area contributed by atoms with Gasteiger partial charge in [0.1, 0.15) is 0 Å². The summed E-state index contributed by atoms with van der Waals surface area (Å²) in [6, 6.07) is 2.51. The van der Waals surface area contributed by atoms with Crippen molar-refractivity contribution in [3.05, 3.63) is 34.1 Å². The lowest BCUT2D eigenvalue weighted by atomic mass is 10.2. The van der Waals surface area contributed by atoms with E-state index in [-0.39, 0.29) is 10.0 Å². The van der Waals surface area contributed by atoms with E-state index < -0.39 is 24.1 Å². The van der Waals surface area contributed by atoms with Crippen molar-refractivity contribution in [2.75, 3.05) is 0 Å². The number of ether oxygens (including phenoxy) is 1. The van der Waals surface area contributed by atoms with Crippen molar-refractivity contribution < 1.29 is 27.8 Å². The number of benzene rings is 1. The normalized spacial score (nSPS) is 11.1. The van der Waals surface area contributed by atoms with Crippen LogP contribution in [0.2, 0.25) is 0 Å². The van der Waals surface area contributed by atoms with Gasteiger partial charge in [0.15, 0.2) is 11.6 Å². The van der Waals surface area contributed by atoms with E-state index in [0.717, 1.165) is 6.08 Å². The Morgan fingerprint density at radius 2 is 2.12 bits per heavy atom. The maximum absolute atomic E-state index is 13.5. The molecule has 1 rings (SSSR count). The van der Waals surface area contributed by atoms with Crippen molar-refractivity contribution in [2.45, 2.75) is 6.61 Å². The van der Waals surface area contributed by atoms with Gasteiger partial charge in [0.2, 0.25) is 0 Å². The first-order valence-corrected chi connectivity index (χ1v) is 5.05. The molecule has 1 N–H and O–H groups in total. The Morgan fingerprint density at radius 3 is 2.65 bits per heavy atom. The molecule has 3 nitrogen and oxygen atoms in total. The van der Waals surface area contributed by atoms with Gasteiger partial charge in [0.25, 0.3) is 0 Å². The summed E-state index contributed by atoms with van der Waals surface area (Å²) in [6.07, 6.45) is 1.66. The minimum Gasteiger partial charge on any atom is -0.478 e. The monoisotopic (exact) mass is 310 g/mol. The summed E-state index contributed by atoms with van der Waals surface area (Å²) in [4.78, 5) is 10.3. The second-order valence-electron chi connectivity index (χ2n) is 2.83. The van der Waals surface area contributed by atoms with Crippen molar-refractivity contribution >= 4 is 28.0 Å². The van der Waals surface area contributed by atoms with E-state index in [4.69, 9.17) is 5.11 Å². The molecule has 0 heterocycles. The molecule has 0 aliphatic carbocycles. The highest BCUT2D eigenvalue weighted by atomic mass is 79.9. The number of carboxylic acid groups (broad SMARTS) is 1. The van der Waals surface area contributed by atoms with Crippen molar-refractivity contribution in [1.29, 1.82) is 0 Å². The molecule has 0 unspecified atom stereocenters. The number of aliphatic carboxylic acids is 1. The van der Waals surface area contributed by atoms with Gasteiger partial charge in [-0.25, -0.2) is 9.18 Å². The molecule has 0 saturated heterocycles. The highest BCUT2D eigenvalue weighted by Crippen LogP contribution is 2.31. The minimum atomic E-state index is -3.20. The summed E-state index contributed by atoms with van der Waals surface area (Å²) in [7, 11) is 0. The van der Waals surface area contributed by atoms with Gasteiger partial charge in [-0.15, -0.1) is 0 Å². The van der Waals surface area contributed by atoms with Crippen molar-refractivity contribution in [3.63, 3.8) is 0 Å². The van der Waals surface area contributed by atoms with Crippen LogP contribution in [0.25, 0.3) is 6.08 Å². The van der Waals surface area contributed by atoms with E-state index in [1.165, 1.54) is 12.1 Å². The number of hydrogen-bond acceptors (Lipinski definition) is 2. The Morgan fingerprint density at radius 1 is 1.47 bits per heavy atom. The zero-order chi connectivity index (χ0) is 13.0. The zero-order valence-corrected chi connectivity index (χ0v) is 9.75. The van der Waals surface area contributed by atoms with Crippen LogP contribution >= 0.6 is 15.9 Å². The molecule has 0 fully saturated rings. The van der Waals surface area contributed by atoms with E-state index >= 15 is 0 Å². The van der Waals surface area contributed by atoms with Crippen LogP contribution in [0.4, 0.5) is 13.2 Å². The lowest BCUT2D eigenvalue weighted by Crippen LogP contribution is -2.05. The van der Waals surface area contributed by atoms with Crippen LogP contribution in [0.5, 0.6) is 5.75 Å². The molecule has 0 spiro atoms. The second kappa shape index (κ2) is 5.72. The summed E-state index contributed by atoms with van der Waals surface area (Å²) in [5.74, 6) is -3.00. The molecular formula is C10H6BrF3O3. The molecule has 1 aromatic carbocycles. The third-order valence-electron chi connectivity index (χ3n) is 1.69. The number of halogens is 4. The van der Waals surface area contributed by atoms with Crippen LogP contribution in [-0.2, 0) is 4.79 Å². The molecule has 0 radical (unpaired) electrons. The Hall–Kier alpha value is -1.50. The van der Waals surface area contributed by atoms with E-state index in [1.54, 1.807) is 0 Å². The van der Waals surface area contributed by atoms with Gasteiger partial charge in [-0.05, 0) is 34.1 Å². The van der Waals surface area contributed by atoms with Crippen LogP contribution in [0.15, 0.2) is 22.7 Å². The Kier molecular flexibility index (Phi) is 4.56. The average Bonchev–Trinajstić information content (AvgIpc) is 2.23. The molecule has 1 aromatic rings. The first-order valence-electron chi connectivity index (χ1n) is 4.25. The van der Waals surface area contributed by atoms with Crippen LogP contribution in [0.1, 0.15) is 5.56 Å². The van der Waals surface area contributed by atoms with Gasteiger partial charge >= 0.3 is 12.6 Å². The Labute approximate surface area is 103 Å². The van der Waals surface area contributed by atoms with Crippen LogP contribution in [0, 0.1) is 5.82 Å². The molecular weight excluding hydrogens is 305 g/mol. The Bertz CT molecular complexity index is 460. The first kappa shape index (κ1) is 13.6. The van der Waals surface area contributed by atoms with E-state index in [1.807, 2.05) is 0 Å². The van der Waals surface area contributed by atoms with Gasteiger partial charge < -0.3 is 9.84 Å². The van der Waals surface area contributed by atoms with E-state index in [9.17, 15) is 18.0 Å². The summed E-state index contributed by atoms with van der Waals surface area (Å²) in [6.45, 7) is -3.20. The van der Waals surface area contributed by atoms with Gasteiger partial charge in [-0.2, -0.15) is 8.78 Å². The third-order valence-corrected chi connectivity index (χ3v) is 2.31. The number of alkyl halides is 2. The lowest BCUT2D eigenvalue weighted by Gasteiger charge is -2.09. The third kappa shape index (κ3) is 3.77. The fraction of sp³-hybridized carbons (Fsp3) is 0.100. The lowest BCUT2D eigenvalue weighted by molar-refractivity contribution is -0.131. The molecule has 0 amide bonds. The van der Waals surface area contributed by atoms with Gasteiger partial charge in [0, 0.05) is 11.6 Å². The fourth-order valence-corrected chi connectivity index (χ4v) is 1.36. The predicted octanol–water partition coefficient (Wildman–Crippen LogP) is 3.29. The fourth-order valence-electron chi connectivity index (χ4n) is 1.05. The van der Waals surface area contributed by atoms with Crippen LogP contribution in [-0.4, -0.2) is 17.7 Å². The molecule has 0 atom stereocenters. The quantitative estimate of drug-likeness (QED) is 0.868. The zero-order valence-electron chi connectivity index (χ0n) is 8.16. The molecule has 7 heteroatoms. The van der Waals surface area contributed by atoms with Crippen LogP contribution in [0.3, 0.4) is 0 Å². The SMILES string of the molecule is O=C(O)/C=C/c1ccc(Br)c(F)c1OC(F)F. The number of rotatable bonds is 4. The molecule has 0 aliphatic heterocycles. The van der Waals surface area contributed by atoms with Crippen LogP contribution < -0.4 is 4.74 Å². The van der Waals surface area contributed by atoms with Crippen molar-refractivity contribution in [1.82, 2.24) is 0 Å². The van der Waals surface area contributed by atoms with E-state index in [2.05, 4.69) is 20.7 Å². The standard InChI is InChI=1S/C10H6BrF3O3/c11-6-3-1-5(2-4-7(15)16)9(8(6)12)17-10(13)14/h1-4,10H,(H,15,16)/b4-2+. The molecule has 0 saturated carbocycles. The number of carboxylic acids is 1. The molecule has 92 valence electrons. The second-order valence-corrected chi connectivity index (χ2v) is 3.68. The summed E-state index contributed by atoms with van der Waals surface area (Å²) in [5, 5.41) is 8.39. The van der Waals surface area contributed by atoms with Crippen molar-refractivity contribution in [2.24, 2.45) is 0 Å². The van der Waals surface area contributed by atoms with Gasteiger partial charge in [-0.1, -0.05) is 0 Å². The number of carbonyl (C=O) groups is 1. The summed E-state index contributed by atoms with van der Waals surface area (Å²) < 4.78 is 41.5. The predicted molar refractivity (Wildman–Crippen MR) is 57.4 cm³/mol. The molecule has 0 bridgehead atoms. The maximum atomic E-state index is 13.5. The van der Waals surface area contributed by atoms with Gasteiger partial charge in [-0.3, -0.25) is 0 Å². The molecule has 17 heavy (non-hydrogen) atoms. The topological polar surface area (TPSA) is 46.5 Å². The van der Waals surface area contributed by atoms with Crippen molar-refractivity contribution in [3.8, 4) is 5.75 Å². The summed E-state index contributed by atoms with van der Waals surface area (Å²) in [5.41, 5.74) is -0.0894. The maximum Gasteiger partial charge on any atom is 0.387 e. The number of hydrogen-bond donors (Lipinski definition) is 1. The highest BCUT2D eigenvalue weighted by Gasteiger charge is 2.16. The first-order chi connectivity index (χ1) is 7.91. The average molecular weight is 311 g/mol. The summed E-state index contributed by atoms with van der Waals surface area (Å²) >= 11 is 2.81. The smallest absolute Gasteiger partial charge is 0.387 e.